The fourth-order valence-corrected chi connectivity index (χ4v) is 3.35. The molecule has 2 heterocycles. The van der Waals surface area contributed by atoms with E-state index < -0.39 is 6.03 Å². The largest absolute Gasteiger partial charge is 0.493 e. The maximum atomic E-state index is 12.8. The van der Waals surface area contributed by atoms with Gasteiger partial charge in [-0.05, 0) is 37.1 Å². The zero-order valence-corrected chi connectivity index (χ0v) is 17.4. The summed E-state index contributed by atoms with van der Waals surface area (Å²) in [5.74, 6) is 1.55. The van der Waals surface area contributed by atoms with Gasteiger partial charge in [0.2, 0.25) is 0 Å². The van der Waals surface area contributed by atoms with Crippen molar-refractivity contribution in [3.63, 3.8) is 0 Å². The van der Waals surface area contributed by atoms with Crippen molar-refractivity contribution in [3.8, 4) is 22.9 Å². The number of hydrogen-bond acceptors (Lipinski definition) is 6. The maximum absolute atomic E-state index is 12.8. The molecular formula is C21H24N6O4. The minimum Gasteiger partial charge on any atom is -0.493 e. The van der Waals surface area contributed by atoms with E-state index in [-0.39, 0.29) is 24.8 Å². The molecule has 2 amide bonds. The topological polar surface area (TPSA) is 112 Å². The summed E-state index contributed by atoms with van der Waals surface area (Å²) < 4.78 is 13.7. The first-order chi connectivity index (χ1) is 15.1. The van der Waals surface area contributed by atoms with Crippen LogP contribution in [-0.4, -0.2) is 46.1 Å². The summed E-state index contributed by atoms with van der Waals surface area (Å²) in [5, 5.41) is 9.96. The summed E-state index contributed by atoms with van der Waals surface area (Å²) in [4.78, 5) is 29.3. The molecule has 0 aliphatic heterocycles. The van der Waals surface area contributed by atoms with Gasteiger partial charge in [0.15, 0.2) is 17.3 Å². The van der Waals surface area contributed by atoms with Crippen molar-refractivity contribution < 1.29 is 14.3 Å². The average molecular weight is 424 g/mol. The Morgan fingerprint density at radius 3 is 2.71 bits per heavy atom. The van der Waals surface area contributed by atoms with E-state index in [1.54, 1.807) is 35.2 Å². The highest BCUT2D eigenvalue weighted by molar-refractivity contribution is 5.91. The van der Waals surface area contributed by atoms with Crippen LogP contribution in [0.25, 0.3) is 11.4 Å². The van der Waals surface area contributed by atoms with Crippen molar-refractivity contribution in [3.05, 3.63) is 53.2 Å². The van der Waals surface area contributed by atoms with Crippen LogP contribution in [0, 0.1) is 0 Å². The van der Waals surface area contributed by atoms with Crippen molar-refractivity contribution in [2.45, 2.75) is 25.4 Å². The molecule has 0 bridgehead atoms. The molecular weight excluding hydrogens is 400 g/mol. The summed E-state index contributed by atoms with van der Waals surface area (Å²) in [7, 11) is 3.03. The third-order valence-electron chi connectivity index (χ3n) is 4.96. The molecule has 10 nitrogen and oxygen atoms in total. The Morgan fingerprint density at radius 1 is 1.19 bits per heavy atom. The van der Waals surface area contributed by atoms with Crippen LogP contribution in [-0.2, 0) is 6.54 Å². The minimum atomic E-state index is -0.422. The third-order valence-corrected chi connectivity index (χ3v) is 4.96. The van der Waals surface area contributed by atoms with Crippen LogP contribution in [0.5, 0.6) is 11.5 Å². The Hall–Kier alpha value is -3.82. The van der Waals surface area contributed by atoms with Gasteiger partial charge < -0.3 is 20.1 Å². The van der Waals surface area contributed by atoms with Crippen LogP contribution in [0.3, 0.4) is 0 Å². The molecule has 1 fully saturated rings. The highest BCUT2D eigenvalue weighted by Gasteiger charge is 2.30. The second-order valence-corrected chi connectivity index (χ2v) is 7.09. The van der Waals surface area contributed by atoms with E-state index in [0.29, 0.717) is 23.0 Å². The van der Waals surface area contributed by atoms with Crippen LogP contribution in [0.1, 0.15) is 18.9 Å². The zero-order chi connectivity index (χ0) is 21.8. The lowest BCUT2D eigenvalue weighted by Crippen LogP contribution is -2.34. The molecule has 10 heteroatoms. The fourth-order valence-electron chi connectivity index (χ4n) is 3.35. The zero-order valence-electron chi connectivity index (χ0n) is 17.4. The number of rotatable bonds is 8. The lowest BCUT2D eigenvalue weighted by molar-refractivity contribution is 0.251. The first-order valence-electron chi connectivity index (χ1n) is 9.98. The number of nitrogens with zero attached hydrogens (tertiary/aromatic N) is 4. The van der Waals surface area contributed by atoms with Crippen LogP contribution in [0.2, 0.25) is 0 Å². The van der Waals surface area contributed by atoms with Gasteiger partial charge in [-0.1, -0.05) is 6.07 Å². The number of methoxy groups -OCH3 is 2. The van der Waals surface area contributed by atoms with E-state index in [4.69, 9.17) is 9.47 Å². The molecule has 31 heavy (non-hydrogen) atoms. The second kappa shape index (κ2) is 8.90. The Balaban J connectivity index is 1.43. The summed E-state index contributed by atoms with van der Waals surface area (Å²) in [5.41, 5.74) is 1.09. The number of amides is 2. The summed E-state index contributed by atoms with van der Waals surface area (Å²) in [6.45, 7) is 0.473. The molecule has 1 aromatic carbocycles. The van der Waals surface area contributed by atoms with E-state index in [1.165, 1.54) is 18.9 Å². The number of pyridine rings is 1. The van der Waals surface area contributed by atoms with Crippen molar-refractivity contribution in [1.29, 1.82) is 0 Å². The summed E-state index contributed by atoms with van der Waals surface area (Å²) in [6, 6.07) is 8.65. The first kappa shape index (κ1) is 20.5. The number of carbonyl (C=O) groups excluding carboxylic acids is 1. The number of urea groups is 1. The van der Waals surface area contributed by atoms with Crippen LogP contribution in [0.4, 0.5) is 10.5 Å². The van der Waals surface area contributed by atoms with Gasteiger partial charge in [-0.25, -0.2) is 14.3 Å². The molecule has 0 unspecified atom stereocenters. The van der Waals surface area contributed by atoms with Gasteiger partial charge in [-0.15, -0.1) is 5.10 Å². The number of nitrogens with one attached hydrogen (secondary N) is 2. The van der Waals surface area contributed by atoms with Gasteiger partial charge in [0.25, 0.3) is 0 Å². The molecule has 2 aromatic heterocycles. The van der Waals surface area contributed by atoms with E-state index in [9.17, 15) is 9.59 Å². The minimum absolute atomic E-state index is 0.174. The second-order valence-electron chi connectivity index (χ2n) is 7.09. The smallest absolute Gasteiger partial charge is 0.346 e. The first-order valence-corrected chi connectivity index (χ1v) is 9.98. The van der Waals surface area contributed by atoms with E-state index in [1.807, 2.05) is 12.1 Å². The lowest BCUT2D eigenvalue weighted by Gasteiger charge is -2.13. The summed E-state index contributed by atoms with van der Waals surface area (Å²) in [6.07, 6.45) is 5.29. The van der Waals surface area contributed by atoms with Crippen LogP contribution in [0.15, 0.2) is 47.5 Å². The quantitative estimate of drug-likeness (QED) is 0.574. The predicted molar refractivity (Wildman–Crippen MR) is 115 cm³/mol. The molecule has 162 valence electrons. The number of aromatic nitrogens is 4. The number of carbonyl (C=O) groups is 1. The molecule has 2 N–H and O–H groups in total. The monoisotopic (exact) mass is 424 g/mol. The molecule has 0 radical (unpaired) electrons. The van der Waals surface area contributed by atoms with Gasteiger partial charge in [-0.3, -0.25) is 9.55 Å². The Labute approximate surface area is 178 Å². The fraction of sp³-hybridized carbons (Fsp3) is 0.333. The number of para-hydroxylation sites is 1. The molecule has 1 saturated carbocycles. The number of ether oxygens (including phenoxy) is 2. The van der Waals surface area contributed by atoms with Crippen LogP contribution < -0.4 is 25.8 Å². The summed E-state index contributed by atoms with van der Waals surface area (Å²) >= 11 is 0. The molecule has 1 aliphatic rings. The van der Waals surface area contributed by atoms with E-state index >= 15 is 0 Å². The van der Waals surface area contributed by atoms with Crippen molar-refractivity contribution >= 4 is 11.7 Å². The number of anilines is 1. The molecule has 4 rings (SSSR count). The highest BCUT2D eigenvalue weighted by Crippen LogP contribution is 2.36. The van der Waals surface area contributed by atoms with Crippen LogP contribution >= 0.6 is 0 Å². The van der Waals surface area contributed by atoms with Gasteiger partial charge in [0, 0.05) is 30.5 Å². The van der Waals surface area contributed by atoms with Gasteiger partial charge >= 0.3 is 11.7 Å². The average Bonchev–Trinajstić information content (AvgIpc) is 3.57. The van der Waals surface area contributed by atoms with Crippen molar-refractivity contribution in [2.75, 3.05) is 26.1 Å². The van der Waals surface area contributed by atoms with Gasteiger partial charge in [0.1, 0.15) is 0 Å². The number of benzene rings is 1. The lowest BCUT2D eigenvalue weighted by atomic mass is 10.2. The third kappa shape index (κ3) is 4.37. The van der Waals surface area contributed by atoms with Crippen molar-refractivity contribution in [2.24, 2.45) is 0 Å². The number of hydrogen-bond donors (Lipinski definition) is 2. The molecule has 0 spiro atoms. The molecule has 0 atom stereocenters. The Morgan fingerprint density at radius 2 is 2.03 bits per heavy atom. The van der Waals surface area contributed by atoms with E-state index in [2.05, 4.69) is 20.7 Å². The normalized spacial score (nSPS) is 13.0. The molecule has 3 aromatic rings. The van der Waals surface area contributed by atoms with Crippen molar-refractivity contribution in [1.82, 2.24) is 24.6 Å². The maximum Gasteiger partial charge on any atom is 0.346 e. The van der Waals surface area contributed by atoms with E-state index in [0.717, 1.165) is 18.4 Å². The van der Waals surface area contributed by atoms with Gasteiger partial charge in [-0.2, -0.15) is 0 Å². The SMILES string of the molecule is COc1cccc(NC(=O)NCCn2nc(-c3cccnc3)n(C3CC3)c2=O)c1OC. The predicted octanol–water partition coefficient (Wildman–Crippen LogP) is 2.28. The molecule has 0 saturated heterocycles. The highest BCUT2D eigenvalue weighted by atomic mass is 16.5. The Kier molecular flexibility index (Phi) is 5.87. The molecule has 1 aliphatic carbocycles. The van der Waals surface area contributed by atoms with Gasteiger partial charge in [0.05, 0.1) is 26.5 Å². The standard InChI is InChI=1S/C21H24N6O4/c1-30-17-7-3-6-16(18(17)31-2)24-20(28)23-11-12-26-21(29)27(15-8-9-15)19(25-26)14-5-4-10-22-13-14/h3-7,10,13,15H,8-9,11-12H2,1-2H3,(H2,23,24,28). The Bertz CT molecular complexity index is 1120.